The van der Waals surface area contributed by atoms with Gasteiger partial charge in [0.1, 0.15) is 0 Å². The third-order valence-electron chi connectivity index (χ3n) is 5.55. The van der Waals surface area contributed by atoms with Crippen molar-refractivity contribution >= 4 is 5.91 Å². The minimum atomic E-state index is 0.107. The number of piperidine rings is 1. The van der Waals surface area contributed by atoms with Crippen LogP contribution < -0.4 is 0 Å². The second-order valence-corrected chi connectivity index (χ2v) is 7.38. The van der Waals surface area contributed by atoms with Gasteiger partial charge in [0.25, 0.3) is 0 Å². The Kier molecular flexibility index (Phi) is 4.73. The lowest BCUT2D eigenvalue weighted by atomic mass is 9.93. The summed E-state index contributed by atoms with van der Waals surface area (Å²) < 4.78 is 0. The van der Waals surface area contributed by atoms with Crippen molar-refractivity contribution in [3.05, 3.63) is 71.3 Å². The molecule has 4 nitrogen and oxygen atoms in total. The Morgan fingerprint density at radius 3 is 2.38 bits per heavy atom. The van der Waals surface area contributed by atoms with E-state index in [1.165, 1.54) is 11.1 Å². The van der Waals surface area contributed by atoms with Gasteiger partial charge in [-0.15, -0.1) is 0 Å². The lowest BCUT2D eigenvalue weighted by Gasteiger charge is -2.36. The molecule has 4 heteroatoms. The van der Waals surface area contributed by atoms with Crippen molar-refractivity contribution < 1.29 is 4.79 Å². The van der Waals surface area contributed by atoms with E-state index < -0.39 is 0 Å². The summed E-state index contributed by atoms with van der Waals surface area (Å²) >= 11 is 0. The summed E-state index contributed by atoms with van der Waals surface area (Å²) in [7, 11) is 0. The minimum absolute atomic E-state index is 0.107. The SMILES string of the molecule is N#Cc1ccc(CN2C[C@H]3CC[C@@H](C2)N(Cc2ccccc2)C3=O)cc1. The second kappa shape index (κ2) is 7.31. The van der Waals surface area contributed by atoms with Gasteiger partial charge in [0.2, 0.25) is 5.91 Å². The van der Waals surface area contributed by atoms with Gasteiger partial charge in [-0.25, -0.2) is 0 Å². The van der Waals surface area contributed by atoms with E-state index in [2.05, 4.69) is 28.0 Å². The number of rotatable bonds is 4. The van der Waals surface area contributed by atoms with Crippen LogP contribution in [0.3, 0.4) is 0 Å². The van der Waals surface area contributed by atoms with Gasteiger partial charge in [0.05, 0.1) is 17.6 Å². The molecule has 3 heterocycles. The van der Waals surface area contributed by atoms with Gasteiger partial charge in [-0.1, -0.05) is 42.5 Å². The summed E-state index contributed by atoms with van der Waals surface area (Å²) in [6.45, 7) is 3.31. The number of amides is 1. The molecule has 0 saturated carbocycles. The normalized spacial score (nSPS) is 22.9. The molecule has 3 aliphatic rings. The minimum Gasteiger partial charge on any atom is -0.334 e. The first kappa shape index (κ1) is 16.8. The van der Waals surface area contributed by atoms with Crippen LogP contribution in [-0.4, -0.2) is 34.8 Å². The monoisotopic (exact) mass is 345 g/mol. The van der Waals surface area contributed by atoms with Crippen LogP contribution in [0.2, 0.25) is 0 Å². The average molecular weight is 345 g/mol. The molecule has 5 rings (SSSR count). The van der Waals surface area contributed by atoms with Crippen LogP contribution in [0.15, 0.2) is 54.6 Å². The standard InChI is InChI=1S/C22H23N3O/c23-12-17-6-8-19(9-7-17)13-24-15-20-10-11-21(16-24)25(22(20)26)14-18-4-2-1-3-5-18/h1-9,20-21H,10-11,13-16H2/t20-,21+/m1/s1. The zero-order chi connectivity index (χ0) is 17.9. The predicted molar refractivity (Wildman–Crippen MR) is 99.9 cm³/mol. The highest BCUT2D eigenvalue weighted by Gasteiger charge is 2.40. The van der Waals surface area contributed by atoms with E-state index in [0.717, 1.165) is 32.5 Å². The summed E-state index contributed by atoms with van der Waals surface area (Å²) in [6, 6.07) is 20.5. The first-order chi connectivity index (χ1) is 12.7. The highest BCUT2D eigenvalue weighted by molar-refractivity contribution is 5.80. The van der Waals surface area contributed by atoms with Crippen molar-refractivity contribution in [1.29, 1.82) is 5.26 Å². The van der Waals surface area contributed by atoms with E-state index in [9.17, 15) is 4.79 Å². The first-order valence-corrected chi connectivity index (χ1v) is 9.29. The van der Waals surface area contributed by atoms with Crippen molar-refractivity contribution in [3.63, 3.8) is 0 Å². The highest BCUT2D eigenvalue weighted by atomic mass is 16.2. The fraction of sp³-hybridized carbons (Fsp3) is 0.364. The Bertz CT molecular complexity index is 810. The number of carbonyl (C=O) groups excluding carboxylic acids is 1. The molecular formula is C22H23N3O. The van der Waals surface area contributed by atoms with Crippen molar-refractivity contribution in [2.75, 3.05) is 13.1 Å². The van der Waals surface area contributed by atoms with Crippen LogP contribution >= 0.6 is 0 Å². The number of benzene rings is 2. The van der Waals surface area contributed by atoms with Crippen LogP contribution in [0.1, 0.15) is 29.5 Å². The van der Waals surface area contributed by atoms with Crippen molar-refractivity contribution in [2.45, 2.75) is 32.0 Å². The van der Waals surface area contributed by atoms with Gasteiger partial charge in [-0.3, -0.25) is 9.69 Å². The molecule has 1 amide bonds. The van der Waals surface area contributed by atoms with Crippen LogP contribution in [0.5, 0.6) is 0 Å². The maximum absolute atomic E-state index is 13.0. The molecule has 2 aromatic rings. The molecule has 3 saturated heterocycles. The number of fused-ring (bicyclic) bond motifs is 4. The first-order valence-electron chi connectivity index (χ1n) is 9.29. The Morgan fingerprint density at radius 2 is 1.65 bits per heavy atom. The van der Waals surface area contributed by atoms with Crippen LogP contribution in [0.25, 0.3) is 0 Å². The molecule has 0 aliphatic carbocycles. The number of nitrogens with zero attached hydrogens (tertiary/aromatic N) is 3. The molecule has 26 heavy (non-hydrogen) atoms. The largest absolute Gasteiger partial charge is 0.334 e. The highest BCUT2D eigenvalue weighted by Crippen LogP contribution is 2.31. The Morgan fingerprint density at radius 1 is 0.923 bits per heavy atom. The molecule has 0 unspecified atom stereocenters. The smallest absolute Gasteiger partial charge is 0.227 e. The van der Waals surface area contributed by atoms with Gasteiger partial charge in [0.15, 0.2) is 0 Å². The topological polar surface area (TPSA) is 47.3 Å². The van der Waals surface area contributed by atoms with Gasteiger partial charge in [-0.2, -0.15) is 5.26 Å². The lowest BCUT2D eigenvalue weighted by Crippen LogP contribution is -2.47. The Labute approximate surface area is 154 Å². The van der Waals surface area contributed by atoms with E-state index >= 15 is 0 Å². The van der Waals surface area contributed by atoms with Crippen LogP contribution in [0, 0.1) is 17.2 Å². The fourth-order valence-electron chi connectivity index (χ4n) is 4.19. The van der Waals surface area contributed by atoms with Crippen LogP contribution in [-0.2, 0) is 17.9 Å². The number of hydrogen-bond acceptors (Lipinski definition) is 3. The maximum Gasteiger partial charge on any atom is 0.227 e. The molecule has 2 atom stereocenters. The van der Waals surface area contributed by atoms with Gasteiger partial charge in [-0.05, 0) is 36.1 Å². The second-order valence-electron chi connectivity index (χ2n) is 7.38. The quantitative estimate of drug-likeness (QED) is 0.855. The van der Waals surface area contributed by atoms with Crippen LogP contribution in [0.4, 0.5) is 0 Å². The molecular weight excluding hydrogens is 322 g/mol. The Hall–Kier alpha value is -2.64. The van der Waals surface area contributed by atoms with E-state index in [0.29, 0.717) is 24.1 Å². The number of nitriles is 1. The third-order valence-corrected chi connectivity index (χ3v) is 5.55. The summed E-state index contributed by atoms with van der Waals surface area (Å²) in [5.41, 5.74) is 3.09. The molecule has 2 bridgehead atoms. The molecule has 0 N–H and O–H groups in total. The Balaban J connectivity index is 1.48. The van der Waals surface area contributed by atoms with Crippen molar-refractivity contribution in [1.82, 2.24) is 9.80 Å². The van der Waals surface area contributed by atoms with Crippen molar-refractivity contribution in [3.8, 4) is 6.07 Å². The maximum atomic E-state index is 13.0. The number of hydrogen-bond donors (Lipinski definition) is 0. The molecule has 0 spiro atoms. The number of carbonyl (C=O) groups is 1. The van der Waals surface area contributed by atoms with Gasteiger partial charge >= 0.3 is 0 Å². The van der Waals surface area contributed by atoms with Crippen molar-refractivity contribution in [2.24, 2.45) is 5.92 Å². The van der Waals surface area contributed by atoms with E-state index in [4.69, 9.17) is 5.26 Å². The summed E-state index contributed by atoms with van der Waals surface area (Å²) in [6.07, 6.45) is 2.09. The van der Waals surface area contributed by atoms with Gasteiger partial charge < -0.3 is 4.90 Å². The summed E-state index contributed by atoms with van der Waals surface area (Å²) in [5.74, 6) is 0.420. The molecule has 0 radical (unpaired) electrons. The molecule has 3 aliphatic heterocycles. The lowest BCUT2D eigenvalue weighted by molar-refractivity contribution is -0.140. The third kappa shape index (κ3) is 3.49. The molecule has 3 fully saturated rings. The summed E-state index contributed by atoms with van der Waals surface area (Å²) in [5, 5.41) is 8.94. The predicted octanol–water partition coefficient (Wildman–Crippen LogP) is 3.18. The zero-order valence-electron chi connectivity index (χ0n) is 14.8. The molecule has 2 aromatic carbocycles. The zero-order valence-corrected chi connectivity index (χ0v) is 14.8. The molecule has 0 aromatic heterocycles. The summed E-state index contributed by atoms with van der Waals surface area (Å²) in [4.78, 5) is 17.5. The van der Waals surface area contributed by atoms with E-state index in [1.807, 2.05) is 42.5 Å². The average Bonchev–Trinajstić information content (AvgIpc) is 2.95. The van der Waals surface area contributed by atoms with Gasteiger partial charge in [0, 0.05) is 32.2 Å². The fourth-order valence-corrected chi connectivity index (χ4v) is 4.19. The van der Waals surface area contributed by atoms with E-state index in [-0.39, 0.29) is 5.92 Å². The van der Waals surface area contributed by atoms with E-state index in [1.54, 1.807) is 0 Å². The molecule has 132 valence electrons.